The van der Waals surface area contributed by atoms with Crippen molar-refractivity contribution in [2.45, 2.75) is 25.9 Å². The molecular formula is C20H22Si. The van der Waals surface area contributed by atoms with E-state index in [1.165, 1.54) is 23.2 Å². The number of benzene rings is 2. The van der Waals surface area contributed by atoms with Gasteiger partial charge in [0, 0.05) is 0 Å². The highest BCUT2D eigenvalue weighted by atomic mass is 28.3. The molecule has 106 valence electrons. The Bertz CT molecular complexity index is 661. The molecule has 0 atom stereocenters. The van der Waals surface area contributed by atoms with E-state index in [2.05, 4.69) is 86.7 Å². The van der Waals surface area contributed by atoms with Gasteiger partial charge in [0.05, 0.1) is 0 Å². The van der Waals surface area contributed by atoms with Gasteiger partial charge < -0.3 is 0 Å². The van der Waals surface area contributed by atoms with Crippen LogP contribution < -0.4 is 0 Å². The zero-order valence-electron chi connectivity index (χ0n) is 12.8. The topological polar surface area (TPSA) is 0 Å². The summed E-state index contributed by atoms with van der Waals surface area (Å²) in [5.41, 5.74) is 2.76. The van der Waals surface area contributed by atoms with Crippen LogP contribution >= 0.6 is 0 Å². The van der Waals surface area contributed by atoms with E-state index in [4.69, 9.17) is 0 Å². The highest BCUT2D eigenvalue weighted by Gasteiger charge is 2.43. The summed E-state index contributed by atoms with van der Waals surface area (Å²) in [6, 6.07) is 24.2. The molecule has 0 N–H and O–H groups in total. The minimum absolute atomic E-state index is 1.29. The van der Waals surface area contributed by atoms with E-state index in [9.17, 15) is 0 Å². The van der Waals surface area contributed by atoms with Gasteiger partial charge in [-0.15, -0.1) is 0 Å². The number of allylic oxidation sites excluding steroid dienone is 2. The van der Waals surface area contributed by atoms with E-state index in [0.717, 1.165) is 0 Å². The Morgan fingerprint density at radius 1 is 0.810 bits per heavy atom. The predicted octanol–water partition coefficient (Wildman–Crippen LogP) is 5.73. The maximum absolute atomic E-state index is 2.43. The van der Waals surface area contributed by atoms with Gasteiger partial charge in [-0.25, -0.2) is 0 Å². The summed E-state index contributed by atoms with van der Waals surface area (Å²) in [5, 5.41) is 3.24. The first-order valence-corrected chi connectivity index (χ1v) is 10.3. The second-order valence-electron chi connectivity index (χ2n) is 5.72. The van der Waals surface area contributed by atoms with Gasteiger partial charge in [-0.05, 0) is 16.3 Å². The van der Waals surface area contributed by atoms with Crippen molar-refractivity contribution in [2.75, 3.05) is 0 Å². The van der Waals surface area contributed by atoms with E-state index < -0.39 is 8.07 Å². The van der Waals surface area contributed by atoms with Gasteiger partial charge in [0.25, 0.3) is 0 Å². The average molecular weight is 290 g/mol. The van der Waals surface area contributed by atoms with Crippen LogP contribution in [-0.4, -0.2) is 8.07 Å². The van der Waals surface area contributed by atoms with Crippen molar-refractivity contribution in [3.8, 4) is 0 Å². The van der Waals surface area contributed by atoms with Crippen LogP contribution in [0.1, 0.15) is 25.0 Å². The van der Waals surface area contributed by atoms with Crippen molar-refractivity contribution in [1.29, 1.82) is 0 Å². The van der Waals surface area contributed by atoms with Gasteiger partial charge >= 0.3 is 0 Å². The molecule has 1 heteroatoms. The molecular weight excluding hydrogens is 268 g/mol. The molecule has 0 unspecified atom stereocenters. The molecule has 2 aromatic carbocycles. The summed E-state index contributed by atoms with van der Waals surface area (Å²) < 4.78 is 0. The van der Waals surface area contributed by atoms with Crippen LogP contribution in [-0.2, 0) is 0 Å². The lowest BCUT2D eigenvalue weighted by Gasteiger charge is -2.42. The van der Waals surface area contributed by atoms with E-state index in [1.54, 1.807) is 10.4 Å². The second-order valence-corrected chi connectivity index (χ2v) is 10.4. The van der Waals surface area contributed by atoms with Gasteiger partial charge in [0.15, 0.2) is 0 Å². The van der Waals surface area contributed by atoms with Crippen molar-refractivity contribution in [1.82, 2.24) is 0 Å². The third kappa shape index (κ3) is 2.42. The van der Waals surface area contributed by atoms with Crippen LogP contribution in [0.15, 0.2) is 71.9 Å². The first-order chi connectivity index (χ1) is 10.3. The molecule has 1 heterocycles. The minimum Gasteiger partial charge on any atom is -0.0672 e. The largest absolute Gasteiger partial charge is 0.118 e. The summed E-state index contributed by atoms with van der Waals surface area (Å²) in [6.45, 7) is 4.73. The smallest absolute Gasteiger partial charge is 0.0672 e. The lowest BCUT2D eigenvalue weighted by Crippen LogP contribution is -2.43. The predicted molar refractivity (Wildman–Crippen MR) is 95.6 cm³/mol. The van der Waals surface area contributed by atoms with Gasteiger partial charge in [0.1, 0.15) is 8.07 Å². The van der Waals surface area contributed by atoms with E-state index >= 15 is 0 Å². The Labute approximate surface area is 128 Å². The molecule has 0 fully saturated rings. The third-order valence-electron chi connectivity index (χ3n) is 4.78. The first-order valence-electron chi connectivity index (χ1n) is 7.85. The zero-order chi connectivity index (χ0) is 14.7. The molecule has 0 radical (unpaired) electrons. The molecule has 1 aliphatic heterocycles. The highest BCUT2D eigenvalue weighted by molar-refractivity contribution is 7.06. The number of hydrogen-bond acceptors (Lipinski definition) is 0. The van der Waals surface area contributed by atoms with Crippen LogP contribution in [0.5, 0.6) is 0 Å². The lowest BCUT2D eigenvalue weighted by molar-refractivity contribution is 1.26. The number of rotatable bonds is 4. The van der Waals surface area contributed by atoms with Gasteiger partial charge in [-0.1, -0.05) is 104 Å². The van der Waals surface area contributed by atoms with Crippen LogP contribution in [0.2, 0.25) is 12.1 Å². The standard InChI is InChI=1S/C20H22Si/c1-3-21(4-2)19(15-17-11-7-5-8-12-17)16-20(21)18-13-9-6-10-14-18/h5-16H,3-4H2,1-2H3/b19-15+. The van der Waals surface area contributed by atoms with E-state index in [0.29, 0.717) is 0 Å². The summed E-state index contributed by atoms with van der Waals surface area (Å²) in [7, 11) is -1.45. The maximum atomic E-state index is 2.43. The van der Waals surface area contributed by atoms with Crippen molar-refractivity contribution < 1.29 is 0 Å². The molecule has 0 nitrogen and oxygen atoms in total. The molecule has 0 saturated heterocycles. The second kappa shape index (κ2) is 5.86. The molecule has 2 aromatic rings. The molecule has 0 saturated carbocycles. The van der Waals surface area contributed by atoms with Crippen molar-refractivity contribution in [3.05, 3.63) is 83.1 Å². The highest BCUT2D eigenvalue weighted by Crippen LogP contribution is 2.47. The molecule has 3 rings (SSSR count). The van der Waals surface area contributed by atoms with Crippen LogP contribution in [0.4, 0.5) is 0 Å². The van der Waals surface area contributed by atoms with Crippen LogP contribution in [0.25, 0.3) is 11.3 Å². The molecule has 0 spiro atoms. The minimum atomic E-state index is -1.45. The Balaban J connectivity index is 2.03. The Kier molecular flexibility index (Phi) is 3.93. The summed E-state index contributed by atoms with van der Waals surface area (Å²) in [6.07, 6.45) is 4.84. The maximum Gasteiger partial charge on any atom is 0.118 e. The fourth-order valence-corrected chi connectivity index (χ4v) is 7.61. The lowest BCUT2D eigenvalue weighted by atomic mass is 10.1. The Morgan fingerprint density at radius 3 is 1.95 bits per heavy atom. The first kappa shape index (κ1) is 14.1. The quantitative estimate of drug-likeness (QED) is 0.630. The van der Waals surface area contributed by atoms with E-state index in [-0.39, 0.29) is 0 Å². The Hall–Kier alpha value is -1.86. The molecule has 1 aliphatic rings. The summed E-state index contributed by atoms with van der Waals surface area (Å²) >= 11 is 0. The summed E-state index contributed by atoms with van der Waals surface area (Å²) in [5.74, 6) is 0. The van der Waals surface area contributed by atoms with Crippen molar-refractivity contribution in [3.63, 3.8) is 0 Å². The monoisotopic (exact) mass is 290 g/mol. The van der Waals surface area contributed by atoms with Gasteiger partial charge in [-0.2, -0.15) is 0 Å². The van der Waals surface area contributed by atoms with E-state index in [1.807, 2.05) is 0 Å². The van der Waals surface area contributed by atoms with Crippen molar-refractivity contribution in [2.24, 2.45) is 0 Å². The average Bonchev–Trinajstić information content (AvgIpc) is 2.54. The SMILES string of the molecule is CC[Si]1(CC)C(c2ccccc2)=C/C1=C\c1ccccc1. The normalized spacial score (nSPS) is 18.2. The molecule has 0 aromatic heterocycles. The van der Waals surface area contributed by atoms with Gasteiger partial charge in [-0.3, -0.25) is 0 Å². The van der Waals surface area contributed by atoms with Crippen molar-refractivity contribution >= 4 is 19.3 Å². The number of hydrogen-bond donors (Lipinski definition) is 0. The van der Waals surface area contributed by atoms with Crippen LogP contribution in [0.3, 0.4) is 0 Å². The molecule has 21 heavy (non-hydrogen) atoms. The third-order valence-corrected chi connectivity index (χ3v) is 10.1. The fourth-order valence-electron chi connectivity index (χ4n) is 3.43. The zero-order valence-corrected chi connectivity index (χ0v) is 13.8. The molecule has 0 bridgehead atoms. The van der Waals surface area contributed by atoms with Gasteiger partial charge in [0.2, 0.25) is 0 Å². The summed E-state index contributed by atoms with van der Waals surface area (Å²) in [4.78, 5) is 0. The Morgan fingerprint density at radius 2 is 1.38 bits per heavy atom. The van der Waals surface area contributed by atoms with Crippen LogP contribution in [0, 0.1) is 0 Å². The fraction of sp³-hybridized carbons (Fsp3) is 0.200. The molecule has 0 aliphatic carbocycles. The molecule has 0 amide bonds.